The molecule has 0 spiro atoms. The second-order valence-corrected chi connectivity index (χ2v) is 4.50. The van der Waals surface area contributed by atoms with Crippen LogP contribution in [0.1, 0.15) is 5.56 Å². The molecule has 0 amide bonds. The van der Waals surface area contributed by atoms with Gasteiger partial charge in [0.05, 0.1) is 5.69 Å². The molecular formula is C16H15N3O. The van der Waals surface area contributed by atoms with E-state index in [0.717, 1.165) is 22.6 Å². The van der Waals surface area contributed by atoms with Crippen molar-refractivity contribution < 1.29 is 5.11 Å². The standard InChI is InChI=1S/C16H15N3O/c17-11-13-6-7-14(10-15(13)20)19-9-8-18-16(19)12-4-2-1-3-5-12/h1-10,20H,11,17H2. The summed E-state index contributed by atoms with van der Waals surface area (Å²) in [7, 11) is 0. The Labute approximate surface area is 117 Å². The molecule has 0 fully saturated rings. The van der Waals surface area contributed by atoms with Crippen molar-refractivity contribution in [2.24, 2.45) is 5.73 Å². The first kappa shape index (κ1) is 12.4. The monoisotopic (exact) mass is 265 g/mol. The van der Waals surface area contributed by atoms with E-state index in [1.807, 2.05) is 53.2 Å². The summed E-state index contributed by atoms with van der Waals surface area (Å²) in [6, 6.07) is 15.4. The molecule has 0 aliphatic carbocycles. The third kappa shape index (κ3) is 2.17. The zero-order valence-corrected chi connectivity index (χ0v) is 10.9. The maximum Gasteiger partial charge on any atom is 0.144 e. The van der Waals surface area contributed by atoms with Crippen LogP contribution in [-0.4, -0.2) is 14.7 Å². The second-order valence-electron chi connectivity index (χ2n) is 4.50. The van der Waals surface area contributed by atoms with E-state index in [4.69, 9.17) is 5.73 Å². The van der Waals surface area contributed by atoms with Gasteiger partial charge >= 0.3 is 0 Å². The van der Waals surface area contributed by atoms with Gasteiger partial charge in [-0.15, -0.1) is 0 Å². The quantitative estimate of drug-likeness (QED) is 0.765. The van der Waals surface area contributed by atoms with Crippen molar-refractivity contribution in [3.05, 3.63) is 66.5 Å². The largest absolute Gasteiger partial charge is 0.508 e. The highest BCUT2D eigenvalue weighted by molar-refractivity contribution is 5.59. The summed E-state index contributed by atoms with van der Waals surface area (Å²) in [5.41, 5.74) is 8.18. The Hall–Kier alpha value is -2.59. The predicted octanol–water partition coefficient (Wildman–Crippen LogP) is 2.70. The third-order valence-corrected chi connectivity index (χ3v) is 3.24. The van der Waals surface area contributed by atoms with Crippen LogP contribution in [-0.2, 0) is 6.54 Å². The second kappa shape index (κ2) is 5.19. The van der Waals surface area contributed by atoms with E-state index in [-0.39, 0.29) is 5.75 Å². The van der Waals surface area contributed by atoms with Gasteiger partial charge in [-0.3, -0.25) is 4.57 Å². The van der Waals surface area contributed by atoms with Crippen molar-refractivity contribution in [1.29, 1.82) is 0 Å². The normalized spacial score (nSPS) is 10.7. The van der Waals surface area contributed by atoms with Crippen LogP contribution in [0, 0.1) is 0 Å². The van der Waals surface area contributed by atoms with Gasteiger partial charge in [-0.2, -0.15) is 0 Å². The molecule has 0 saturated carbocycles. The Balaban J connectivity index is 2.08. The molecule has 4 heteroatoms. The molecule has 0 saturated heterocycles. The highest BCUT2D eigenvalue weighted by Crippen LogP contribution is 2.25. The van der Waals surface area contributed by atoms with E-state index in [2.05, 4.69) is 4.98 Å². The molecule has 0 bridgehead atoms. The lowest BCUT2D eigenvalue weighted by molar-refractivity contribution is 0.468. The SMILES string of the molecule is NCc1ccc(-n2ccnc2-c2ccccc2)cc1O. The lowest BCUT2D eigenvalue weighted by atomic mass is 10.1. The summed E-state index contributed by atoms with van der Waals surface area (Å²) in [6.45, 7) is 0.321. The Bertz CT molecular complexity index is 720. The lowest BCUT2D eigenvalue weighted by Gasteiger charge is -2.10. The fourth-order valence-corrected chi connectivity index (χ4v) is 2.19. The van der Waals surface area contributed by atoms with Gasteiger partial charge in [0.1, 0.15) is 11.6 Å². The van der Waals surface area contributed by atoms with Crippen molar-refractivity contribution in [2.75, 3.05) is 0 Å². The first-order valence-corrected chi connectivity index (χ1v) is 6.40. The highest BCUT2D eigenvalue weighted by atomic mass is 16.3. The van der Waals surface area contributed by atoms with Crippen LogP contribution in [0.2, 0.25) is 0 Å². The number of imidazole rings is 1. The van der Waals surface area contributed by atoms with Gasteiger partial charge < -0.3 is 10.8 Å². The minimum atomic E-state index is 0.206. The van der Waals surface area contributed by atoms with Gasteiger partial charge in [0.2, 0.25) is 0 Å². The summed E-state index contributed by atoms with van der Waals surface area (Å²) in [5, 5.41) is 9.94. The lowest BCUT2D eigenvalue weighted by Crippen LogP contribution is -2.00. The molecule has 4 nitrogen and oxygen atoms in total. The number of aromatic nitrogens is 2. The van der Waals surface area contributed by atoms with Crippen molar-refractivity contribution in [2.45, 2.75) is 6.54 Å². The van der Waals surface area contributed by atoms with E-state index in [9.17, 15) is 5.11 Å². The number of hydrogen-bond acceptors (Lipinski definition) is 3. The number of aromatic hydroxyl groups is 1. The number of phenolic OH excluding ortho intramolecular Hbond substituents is 1. The van der Waals surface area contributed by atoms with Crippen LogP contribution in [0.15, 0.2) is 60.9 Å². The summed E-state index contributed by atoms with van der Waals surface area (Å²) in [5.74, 6) is 1.04. The van der Waals surface area contributed by atoms with Crippen molar-refractivity contribution in [1.82, 2.24) is 9.55 Å². The van der Waals surface area contributed by atoms with Gasteiger partial charge in [0, 0.05) is 36.1 Å². The number of rotatable bonds is 3. The van der Waals surface area contributed by atoms with E-state index in [0.29, 0.717) is 6.54 Å². The first-order valence-electron chi connectivity index (χ1n) is 6.40. The summed E-state index contributed by atoms with van der Waals surface area (Å²) >= 11 is 0. The molecule has 0 radical (unpaired) electrons. The minimum absolute atomic E-state index is 0.206. The molecule has 100 valence electrons. The fourth-order valence-electron chi connectivity index (χ4n) is 2.19. The molecule has 2 aromatic carbocycles. The van der Waals surface area contributed by atoms with Crippen LogP contribution in [0.5, 0.6) is 5.75 Å². The molecule has 1 aromatic heterocycles. The average Bonchev–Trinajstić information content (AvgIpc) is 2.97. The molecule has 0 aliphatic heterocycles. The molecule has 0 atom stereocenters. The van der Waals surface area contributed by atoms with Crippen LogP contribution in [0.25, 0.3) is 17.1 Å². The summed E-state index contributed by atoms with van der Waals surface area (Å²) in [4.78, 5) is 4.39. The Kier molecular flexibility index (Phi) is 3.23. The zero-order chi connectivity index (χ0) is 13.9. The topological polar surface area (TPSA) is 64.1 Å². The van der Waals surface area contributed by atoms with Gasteiger partial charge in [0.15, 0.2) is 0 Å². The number of nitrogens with two attached hydrogens (primary N) is 1. The predicted molar refractivity (Wildman–Crippen MR) is 78.6 cm³/mol. The molecule has 3 rings (SSSR count). The van der Waals surface area contributed by atoms with Crippen LogP contribution in [0.3, 0.4) is 0 Å². The number of hydrogen-bond donors (Lipinski definition) is 2. The van der Waals surface area contributed by atoms with Crippen LogP contribution >= 0.6 is 0 Å². The maximum absolute atomic E-state index is 9.94. The molecule has 3 N–H and O–H groups in total. The number of phenols is 1. The smallest absolute Gasteiger partial charge is 0.144 e. The maximum atomic E-state index is 9.94. The third-order valence-electron chi connectivity index (χ3n) is 3.24. The van der Waals surface area contributed by atoms with E-state index >= 15 is 0 Å². The van der Waals surface area contributed by atoms with Crippen molar-refractivity contribution in [3.63, 3.8) is 0 Å². The van der Waals surface area contributed by atoms with Gasteiger partial charge in [-0.05, 0) is 6.07 Å². The first-order chi connectivity index (χ1) is 9.79. The fraction of sp³-hybridized carbons (Fsp3) is 0.0625. The van der Waals surface area contributed by atoms with E-state index in [1.54, 1.807) is 12.3 Å². The van der Waals surface area contributed by atoms with Gasteiger partial charge in [-0.1, -0.05) is 36.4 Å². The molecule has 20 heavy (non-hydrogen) atoms. The number of nitrogens with zero attached hydrogens (tertiary/aromatic N) is 2. The Morgan fingerprint density at radius 1 is 1.10 bits per heavy atom. The van der Waals surface area contributed by atoms with Gasteiger partial charge in [-0.25, -0.2) is 4.98 Å². The molecule has 0 aliphatic rings. The van der Waals surface area contributed by atoms with E-state index < -0.39 is 0 Å². The number of benzene rings is 2. The van der Waals surface area contributed by atoms with Crippen LogP contribution < -0.4 is 5.73 Å². The molecule has 3 aromatic rings. The molecule has 0 unspecified atom stereocenters. The molecular weight excluding hydrogens is 250 g/mol. The highest BCUT2D eigenvalue weighted by Gasteiger charge is 2.09. The van der Waals surface area contributed by atoms with Gasteiger partial charge in [0.25, 0.3) is 0 Å². The zero-order valence-electron chi connectivity index (χ0n) is 10.9. The van der Waals surface area contributed by atoms with Crippen molar-refractivity contribution >= 4 is 0 Å². The Morgan fingerprint density at radius 3 is 2.60 bits per heavy atom. The van der Waals surface area contributed by atoms with Crippen molar-refractivity contribution in [3.8, 4) is 22.8 Å². The summed E-state index contributed by atoms with van der Waals surface area (Å²) in [6.07, 6.45) is 3.62. The Morgan fingerprint density at radius 2 is 1.90 bits per heavy atom. The molecule has 1 heterocycles. The minimum Gasteiger partial charge on any atom is -0.508 e. The summed E-state index contributed by atoms with van der Waals surface area (Å²) < 4.78 is 1.94. The average molecular weight is 265 g/mol. The van der Waals surface area contributed by atoms with Crippen LogP contribution in [0.4, 0.5) is 0 Å². The van der Waals surface area contributed by atoms with E-state index in [1.165, 1.54) is 0 Å².